The number of aromatic carboxylic acids is 2. The molecule has 0 saturated carbocycles. The maximum Gasteiger partial charge on any atom is 2.00 e. The van der Waals surface area contributed by atoms with Gasteiger partial charge in [-0.25, -0.2) is 9.97 Å². The average Bonchev–Trinajstić information content (AvgIpc) is 2.88. The summed E-state index contributed by atoms with van der Waals surface area (Å²) in [6.45, 7) is 3.39. The number of nitrogens with zero attached hydrogens (tertiary/aromatic N) is 2. The van der Waals surface area contributed by atoms with Crippen LogP contribution in [0.1, 0.15) is 32.6 Å². The second-order valence-electron chi connectivity index (χ2n) is 3.36. The Balaban J connectivity index is 0.000000324. The van der Waals surface area contributed by atoms with Crippen LogP contribution >= 0.6 is 0 Å². The number of rotatable bonds is 2. The molecule has 96 valence electrons. The largest absolute Gasteiger partial charge is 2.00 e. The standard InChI is InChI=1S/2C5H6N2O2.Zn/c2*1-3-2-6-4(7-3)5(8)9;/h2*2H,1H3,(H,6,7)(H,8,9);/q;;+2/p-2. The van der Waals surface area contributed by atoms with E-state index >= 15 is 0 Å². The third kappa shape index (κ3) is 5.43. The van der Waals surface area contributed by atoms with Gasteiger partial charge in [-0.1, -0.05) is 0 Å². The molecule has 0 aliphatic carbocycles. The molecule has 0 radical (unpaired) electrons. The van der Waals surface area contributed by atoms with Crippen molar-refractivity contribution in [3.05, 3.63) is 35.4 Å². The van der Waals surface area contributed by atoms with E-state index in [0.717, 1.165) is 0 Å². The Morgan fingerprint density at radius 3 is 1.37 bits per heavy atom. The summed E-state index contributed by atoms with van der Waals surface area (Å²) < 4.78 is 0. The predicted molar refractivity (Wildman–Crippen MR) is 55.3 cm³/mol. The summed E-state index contributed by atoms with van der Waals surface area (Å²) in [5.41, 5.74) is 1.29. The molecule has 0 aliphatic heterocycles. The van der Waals surface area contributed by atoms with E-state index in [4.69, 9.17) is 0 Å². The number of hydrogen-bond donors (Lipinski definition) is 2. The molecule has 0 spiro atoms. The number of nitrogens with one attached hydrogen (secondary N) is 2. The number of carboxylic acids is 2. The molecule has 8 nitrogen and oxygen atoms in total. The van der Waals surface area contributed by atoms with Gasteiger partial charge in [-0.15, -0.1) is 0 Å². The molecular weight excluding hydrogens is 306 g/mol. The van der Waals surface area contributed by atoms with Gasteiger partial charge in [0, 0.05) is 12.4 Å². The smallest absolute Gasteiger partial charge is 0.542 e. The van der Waals surface area contributed by atoms with Crippen LogP contribution in [0.5, 0.6) is 0 Å². The molecule has 2 N–H and O–H groups in total. The summed E-state index contributed by atoms with van der Waals surface area (Å²) in [5, 5.41) is 20.0. The predicted octanol–water partition coefficient (Wildman–Crippen LogP) is -1.84. The molecule has 0 aromatic carbocycles. The van der Waals surface area contributed by atoms with Crippen molar-refractivity contribution in [1.29, 1.82) is 0 Å². The summed E-state index contributed by atoms with van der Waals surface area (Å²) in [7, 11) is 0. The molecule has 2 heterocycles. The SMILES string of the molecule is Cc1c[nH]c(C(=O)[O-])n1.Cc1c[nH]c(C(=O)[O-])n1.[Zn+2]. The van der Waals surface area contributed by atoms with E-state index in [1.807, 2.05) is 0 Å². The molecule has 0 saturated heterocycles. The van der Waals surface area contributed by atoms with E-state index in [1.54, 1.807) is 13.8 Å². The van der Waals surface area contributed by atoms with Gasteiger partial charge >= 0.3 is 19.5 Å². The van der Waals surface area contributed by atoms with Gasteiger partial charge in [-0.2, -0.15) is 0 Å². The fraction of sp³-hybridized carbons (Fsp3) is 0.200. The van der Waals surface area contributed by atoms with Crippen molar-refractivity contribution in [2.75, 3.05) is 0 Å². The Labute approximate surface area is 121 Å². The normalized spacial score (nSPS) is 8.95. The summed E-state index contributed by atoms with van der Waals surface area (Å²) >= 11 is 0. The minimum atomic E-state index is -1.27. The van der Waals surface area contributed by atoms with E-state index < -0.39 is 11.9 Å². The van der Waals surface area contributed by atoms with Crippen molar-refractivity contribution in [1.82, 2.24) is 19.9 Å². The van der Waals surface area contributed by atoms with Crippen molar-refractivity contribution < 1.29 is 39.3 Å². The molecule has 19 heavy (non-hydrogen) atoms. The number of carboxylic acid groups (broad SMARTS) is 2. The van der Waals surface area contributed by atoms with Crippen LogP contribution in [0.4, 0.5) is 0 Å². The molecule has 0 atom stereocenters. The fourth-order valence-electron chi connectivity index (χ4n) is 1.04. The number of H-pyrrole nitrogens is 2. The molecule has 0 unspecified atom stereocenters. The third-order valence-electron chi connectivity index (χ3n) is 1.80. The third-order valence-corrected chi connectivity index (χ3v) is 1.80. The van der Waals surface area contributed by atoms with Gasteiger partial charge in [-0.3, -0.25) is 0 Å². The first-order valence-corrected chi connectivity index (χ1v) is 4.87. The summed E-state index contributed by atoms with van der Waals surface area (Å²) in [5.74, 6) is -2.79. The van der Waals surface area contributed by atoms with Crippen LogP contribution in [0.3, 0.4) is 0 Å². The van der Waals surface area contributed by atoms with E-state index in [0.29, 0.717) is 11.4 Å². The Bertz CT molecular complexity index is 513. The van der Waals surface area contributed by atoms with Gasteiger partial charge in [0.2, 0.25) is 0 Å². The second kappa shape index (κ2) is 7.43. The average molecular weight is 316 g/mol. The number of imidazole rings is 2. The van der Waals surface area contributed by atoms with Gasteiger partial charge in [0.1, 0.15) is 11.9 Å². The van der Waals surface area contributed by atoms with Crippen LogP contribution in [0.2, 0.25) is 0 Å². The minimum Gasteiger partial charge on any atom is -0.542 e. The first-order chi connectivity index (χ1) is 8.40. The summed E-state index contributed by atoms with van der Waals surface area (Å²) in [6.07, 6.45) is 3.01. The second-order valence-corrected chi connectivity index (χ2v) is 3.36. The summed E-state index contributed by atoms with van der Waals surface area (Å²) in [4.78, 5) is 32.1. The Kier molecular flexibility index (Phi) is 6.64. The first kappa shape index (κ1) is 17.0. The van der Waals surface area contributed by atoms with Gasteiger partial charge in [0.15, 0.2) is 11.6 Å². The number of carbonyl (C=O) groups excluding carboxylic acids is 2. The van der Waals surface area contributed by atoms with Gasteiger partial charge in [0.05, 0.1) is 11.4 Å². The van der Waals surface area contributed by atoms with Crippen LogP contribution in [-0.2, 0) is 19.5 Å². The molecule has 0 amide bonds. The fourth-order valence-corrected chi connectivity index (χ4v) is 1.04. The molecule has 2 rings (SSSR count). The molecule has 0 bridgehead atoms. The van der Waals surface area contributed by atoms with Gasteiger partial charge in [0.25, 0.3) is 0 Å². The zero-order chi connectivity index (χ0) is 13.7. The van der Waals surface area contributed by atoms with Crippen molar-refractivity contribution in [2.24, 2.45) is 0 Å². The van der Waals surface area contributed by atoms with Crippen LogP contribution < -0.4 is 10.2 Å². The zero-order valence-corrected chi connectivity index (χ0v) is 13.4. The first-order valence-electron chi connectivity index (χ1n) is 4.87. The van der Waals surface area contributed by atoms with Gasteiger partial charge < -0.3 is 29.8 Å². The van der Waals surface area contributed by atoms with Crippen molar-refractivity contribution in [3.8, 4) is 0 Å². The van der Waals surface area contributed by atoms with Crippen LogP contribution in [0.15, 0.2) is 12.4 Å². The molecule has 2 aromatic heterocycles. The van der Waals surface area contributed by atoms with Crippen molar-refractivity contribution in [2.45, 2.75) is 13.8 Å². The molecule has 0 fully saturated rings. The Morgan fingerprint density at radius 2 is 1.26 bits per heavy atom. The number of aromatic nitrogens is 4. The molecular formula is C10H10N4O4Zn. The summed E-state index contributed by atoms with van der Waals surface area (Å²) in [6, 6.07) is 0. The topological polar surface area (TPSA) is 138 Å². The maximum absolute atomic E-state index is 10.0. The monoisotopic (exact) mass is 314 g/mol. The van der Waals surface area contributed by atoms with E-state index in [-0.39, 0.29) is 31.1 Å². The van der Waals surface area contributed by atoms with E-state index in [2.05, 4.69) is 19.9 Å². The van der Waals surface area contributed by atoms with Crippen LogP contribution in [-0.4, -0.2) is 31.9 Å². The van der Waals surface area contributed by atoms with Gasteiger partial charge in [-0.05, 0) is 13.8 Å². The minimum absolute atomic E-state index is 0. The zero-order valence-electron chi connectivity index (χ0n) is 10.4. The van der Waals surface area contributed by atoms with E-state index in [9.17, 15) is 19.8 Å². The Hall–Kier alpha value is -2.02. The number of aryl methyl sites for hydroxylation is 2. The maximum atomic E-state index is 10.0. The van der Waals surface area contributed by atoms with Crippen LogP contribution in [0, 0.1) is 13.8 Å². The van der Waals surface area contributed by atoms with Crippen molar-refractivity contribution >= 4 is 11.9 Å². The molecule has 0 aliphatic rings. The number of hydrogen-bond acceptors (Lipinski definition) is 6. The van der Waals surface area contributed by atoms with Crippen molar-refractivity contribution in [3.63, 3.8) is 0 Å². The van der Waals surface area contributed by atoms with E-state index in [1.165, 1.54) is 12.4 Å². The quantitative estimate of drug-likeness (QED) is 0.625. The number of aromatic amines is 2. The Morgan fingerprint density at radius 1 is 0.947 bits per heavy atom. The molecule has 2 aromatic rings. The number of carbonyl (C=O) groups is 2. The van der Waals surface area contributed by atoms with Crippen LogP contribution in [0.25, 0.3) is 0 Å². The molecule has 9 heteroatoms.